The molecule has 0 aliphatic carbocycles. The third-order valence-electron chi connectivity index (χ3n) is 5.60. The summed E-state index contributed by atoms with van der Waals surface area (Å²) in [6, 6.07) is 15.8. The second kappa shape index (κ2) is 10.4. The van der Waals surface area contributed by atoms with Gasteiger partial charge < -0.3 is 20.4 Å². The van der Waals surface area contributed by atoms with E-state index in [0.717, 1.165) is 5.56 Å². The topological polar surface area (TPSA) is 81.8 Å². The van der Waals surface area contributed by atoms with Gasteiger partial charge in [-0.15, -0.1) is 0 Å². The van der Waals surface area contributed by atoms with E-state index >= 15 is 0 Å². The molecule has 2 aromatic rings. The van der Waals surface area contributed by atoms with Crippen LogP contribution < -0.4 is 20.4 Å². The molecule has 0 aromatic heterocycles. The summed E-state index contributed by atoms with van der Waals surface area (Å²) in [7, 11) is 1.69. The Kier molecular flexibility index (Phi) is 7.64. The van der Waals surface area contributed by atoms with Crippen molar-refractivity contribution in [3.8, 4) is 0 Å². The van der Waals surface area contributed by atoms with Gasteiger partial charge in [-0.25, -0.2) is 0 Å². The molecule has 3 amide bonds. The van der Waals surface area contributed by atoms with Crippen LogP contribution in [0.5, 0.6) is 0 Å². The van der Waals surface area contributed by atoms with Crippen molar-refractivity contribution < 1.29 is 14.4 Å². The SMILES string of the molecule is CN[C@@H](C)C(=O)NC1CN(C(=O)CC(C)C)c2ccccc2N(Cc2ccccc2)C1=O. The highest BCUT2D eigenvalue weighted by molar-refractivity contribution is 6.08. The molecule has 0 bridgehead atoms. The molecule has 170 valence electrons. The first-order valence-corrected chi connectivity index (χ1v) is 11.0. The molecule has 7 heteroatoms. The second-order valence-electron chi connectivity index (χ2n) is 8.57. The summed E-state index contributed by atoms with van der Waals surface area (Å²) < 4.78 is 0. The summed E-state index contributed by atoms with van der Waals surface area (Å²) in [5.74, 6) is -0.417. The van der Waals surface area contributed by atoms with E-state index in [0.29, 0.717) is 24.3 Å². The molecule has 2 aromatic carbocycles. The Labute approximate surface area is 189 Å². The Morgan fingerprint density at radius 3 is 2.25 bits per heavy atom. The maximum absolute atomic E-state index is 13.7. The van der Waals surface area contributed by atoms with E-state index in [1.165, 1.54) is 0 Å². The van der Waals surface area contributed by atoms with Gasteiger partial charge in [0.05, 0.1) is 30.5 Å². The Bertz CT molecular complexity index is 961. The third-order valence-corrected chi connectivity index (χ3v) is 5.60. The quantitative estimate of drug-likeness (QED) is 0.699. The van der Waals surface area contributed by atoms with Crippen molar-refractivity contribution in [2.45, 2.75) is 45.8 Å². The minimum absolute atomic E-state index is 0.0669. The molecule has 32 heavy (non-hydrogen) atoms. The molecule has 2 atom stereocenters. The van der Waals surface area contributed by atoms with Gasteiger partial charge in [0.2, 0.25) is 11.8 Å². The maximum atomic E-state index is 13.7. The number of para-hydroxylation sites is 2. The van der Waals surface area contributed by atoms with Gasteiger partial charge in [-0.2, -0.15) is 0 Å². The van der Waals surface area contributed by atoms with Gasteiger partial charge in [-0.1, -0.05) is 56.3 Å². The lowest BCUT2D eigenvalue weighted by Crippen LogP contribution is -2.55. The van der Waals surface area contributed by atoms with E-state index in [-0.39, 0.29) is 30.2 Å². The largest absolute Gasteiger partial charge is 0.341 e. The van der Waals surface area contributed by atoms with E-state index in [4.69, 9.17) is 0 Å². The summed E-state index contributed by atoms with van der Waals surface area (Å²) in [4.78, 5) is 42.8. The molecule has 1 unspecified atom stereocenters. The van der Waals surface area contributed by atoms with Crippen LogP contribution in [0.3, 0.4) is 0 Å². The van der Waals surface area contributed by atoms with Crippen LogP contribution in [0.4, 0.5) is 11.4 Å². The molecule has 0 saturated heterocycles. The number of hydrogen-bond donors (Lipinski definition) is 2. The summed E-state index contributed by atoms with van der Waals surface area (Å²) >= 11 is 0. The third kappa shape index (κ3) is 5.34. The number of nitrogens with one attached hydrogen (secondary N) is 2. The first-order chi connectivity index (χ1) is 15.3. The zero-order valence-electron chi connectivity index (χ0n) is 19.2. The molecule has 0 saturated carbocycles. The molecule has 1 aliphatic heterocycles. The number of amides is 3. The first-order valence-electron chi connectivity index (χ1n) is 11.0. The normalized spacial score (nSPS) is 17.0. The number of anilines is 2. The number of carbonyl (C=O) groups excluding carboxylic acids is 3. The van der Waals surface area contributed by atoms with Crippen molar-refractivity contribution in [1.82, 2.24) is 10.6 Å². The monoisotopic (exact) mass is 436 g/mol. The molecule has 7 nitrogen and oxygen atoms in total. The minimum Gasteiger partial charge on any atom is -0.341 e. The Morgan fingerprint density at radius 2 is 1.62 bits per heavy atom. The van der Waals surface area contributed by atoms with Crippen molar-refractivity contribution in [1.29, 1.82) is 0 Å². The molecule has 3 rings (SSSR count). The van der Waals surface area contributed by atoms with Gasteiger partial charge in [0.25, 0.3) is 5.91 Å². The highest BCUT2D eigenvalue weighted by Crippen LogP contribution is 2.34. The fourth-order valence-corrected chi connectivity index (χ4v) is 3.75. The summed E-state index contributed by atoms with van der Waals surface area (Å²) in [6.07, 6.45) is 0.356. The summed E-state index contributed by atoms with van der Waals surface area (Å²) in [5, 5.41) is 5.76. The molecular weight excluding hydrogens is 404 g/mol. The number of fused-ring (bicyclic) bond motifs is 1. The molecule has 1 aliphatic rings. The van der Waals surface area contributed by atoms with Gasteiger partial charge in [0.1, 0.15) is 6.04 Å². The lowest BCUT2D eigenvalue weighted by molar-refractivity contribution is -0.128. The van der Waals surface area contributed by atoms with Gasteiger partial charge in [-0.3, -0.25) is 14.4 Å². The molecule has 0 fully saturated rings. The van der Waals surface area contributed by atoms with E-state index in [1.54, 1.807) is 23.8 Å². The number of rotatable bonds is 7. The van der Waals surface area contributed by atoms with Crippen LogP contribution in [-0.4, -0.2) is 43.4 Å². The van der Waals surface area contributed by atoms with Crippen LogP contribution in [-0.2, 0) is 20.9 Å². The smallest absolute Gasteiger partial charge is 0.251 e. The Hall–Kier alpha value is -3.19. The van der Waals surface area contributed by atoms with E-state index in [1.807, 2.05) is 68.4 Å². The average Bonchev–Trinajstić information content (AvgIpc) is 2.89. The summed E-state index contributed by atoms with van der Waals surface area (Å²) in [6.45, 7) is 6.14. The zero-order chi connectivity index (χ0) is 23.3. The number of likely N-dealkylation sites (N-methyl/N-ethyl adjacent to an activating group) is 1. The number of nitrogens with zero attached hydrogens (tertiary/aromatic N) is 2. The van der Waals surface area contributed by atoms with Crippen LogP contribution in [0.25, 0.3) is 0 Å². The molecule has 1 heterocycles. The van der Waals surface area contributed by atoms with Crippen LogP contribution in [0, 0.1) is 5.92 Å². The molecule has 2 N–H and O–H groups in total. The van der Waals surface area contributed by atoms with Crippen molar-refractivity contribution in [2.75, 3.05) is 23.4 Å². The van der Waals surface area contributed by atoms with Crippen LogP contribution in [0.15, 0.2) is 54.6 Å². The van der Waals surface area contributed by atoms with E-state index < -0.39 is 12.1 Å². The van der Waals surface area contributed by atoms with E-state index in [9.17, 15) is 14.4 Å². The van der Waals surface area contributed by atoms with E-state index in [2.05, 4.69) is 10.6 Å². The zero-order valence-corrected chi connectivity index (χ0v) is 19.2. The van der Waals surface area contributed by atoms with Gasteiger partial charge in [-0.05, 0) is 37.6 Å². The molecular formula is C25H32N4O3. The highest BCUT2D eigenvalue weighted by Gasteiger charge is 2.37. The van der Waals surface area contributed by atoms with Gasteiger partial charge >= 0.3 is 0 Å². The molecule has 0 radical (unpaired) electrons. The van der Waals surface area contributed by atoms with Gasteiger partial charge in [0.15, 0.2) is 0 Å². The predicted octanol–water partition coefficient (Wildman–Crippen LogP) is 2.71. The lowest BCUT2D eigenvalue weighted by Gasteiger charge is -2.26. The van der Waals surface area contributed by atoms with Crippen molar-refractivity contribution in [2.24, 2.45) is 5.92 Å². The lowest BCUT2D eigenvalue weighted by atomic mass is 10.1. The van der Waals surface area contributed by atoms with Gasteiger partial charge in [0, 0.05) is 6.42 Å². The standard InChI is InChI=1S/C25H32N4O3/c1-17(2)14-23(30)28-16-20(27-24(31)18(3)26-4)25(32)29(15-19-10-6-5-7-11-19)22-13-9-8-12-21(22)28/h5-13,17-18,20,26H,14-16H2,1-4H3,(H,27,31)/t18-,20?/m0/s1. The minimum atomic E-state index is -0.856. The molecule has 0 spiro atoms. The second-order valence-corrected chi connectivity index (χ2v) is 8.57. The van der Waals surface area contributed by atoms with Crippen LogP contribution in [0.2, 0.25) is 0 Å². The fraction of sp³-hybridized carbons (Fsp3) is 0.400. The number of carbonyl (C=O) groups is 3. The summed E-state index contributed by atoms with van der Waals surface area (Å²) in [5.41, 5.74) is 2.31. The number of hydrogen-bond acceptors (Lipinski definition) is 4. The fourth-order valence-electron chi connectivity index (χ4n) is 3.75. The van der Waals surface area contributed by atoms with Crippen LogP contribution >= 0.6 is 0 Å². The number of benzene rings is 2. The van der Waals surface area contributed by atoms with Crippen molar-refractivity contribution in [3.63, 3.8) is 0 Å². The van der Waals surface area contributed by atoms with Crippen LogP contribution in [0.1, 0.15) is 32.8 Å². The maximum Gasteiger partial charge on any atom is 0.251 e. The Balaban J connectivity index is 2.04. The highest BCUT2D eigenvalue weighted by atomic mass is 16.2. The Morgan fingerprint density at radius 1 is 1.00 bits per heavy atom. The van der Waals surface area contributed by atoms with Crippen molar-refractivity contribution >= 4 is 29.1 Å². The predicted molar refractivity (Wildman–Crippen MR) is 126 cm³/mol. The van der Waals surface area contributed by atoms with Crippen molar-refractivity contribution in [3.05, 3.63) is 60.2 Å². The average molecular weight is 437 g/mol. The first kappa shape index (κ1) is 23.5.